The SMILES string of the molecule is CC(CC(=O)O)OC1=C2OC3CCN4C(=C3C=C2C=CC1=O)C(C)(C)c1ccccc14. The van der Waals surface area contributed by atoms with Gasteiger partial charge in [0.05, 0.1) is 6.42 Å². The number of benzene rings is 1. The van der Waals surface area contributed by atoms with E-state index >= 15 is 0 Å². The zero-order valence-corrected chi connectivity index (χ0v) is 17.8. The molecule has 6 heteroatoms. The van der Waals surface area contributed by atoms with Gasteiger partial charge in [-0.05, 0) is 36.8 Å². The Balaban J connectivity index is 1.60. The maximum absolute atomic E-state index is 12.5. The van der Waals surface area contributed by atoms with Gasteiger partial charge in [-0.25, -0.2) is 0 Å². The van der Waals surface area contributed by atoms with Crippen LogP contribution in [0.1, 0.15) is 39.2 Å². The number of hydrogen-bond donors (Lipinski definition) is 1. The summed E-state index contributed by atoms with van der Waals surface area (Å²) in [4.78, 5) is 25.9. The van der Waals surface area contributed by atoms with E-state index in [1.165, 1.54) is 23.0 Å². The molecule has 2 atom stereocenters. The van der Waals surface area contributed by atoms with E-state index in [1.54, 1.807) is 13.0 Å². The monoisotopic (exact) mass is 419 g/mol. The number of fused-ring (bicyclic) bond motifs is 5. The summed E-state index contributed by atoms with van der Waals surface area (Å²) in [5, 5.41) is 9.03. The largest absolute Gasteiger partial charge is 0.483 e. The Morgan fingerprint density at radius 3 is 2.87 bits per heavy atom. The maximum Gasteiger partial charge on any atom is 0.307 e. The Hall–Kier alpha value is -3.28. The summed E-state index contributed by atoms with van der Waals surface area (Å²) in [6.07, 6.45) is 5.11. The number of carbonyl (C=O) groups excluding carboxylic acids is 1. The number of para-hydroxylation sites is 1. The molecule has 3 aliphatic heterocycles. The smallest absolute Gasteiger partial charge is 0.307 e. The van der Waals surface area contributed by atoms with Crippen molar-refractivity contribution >= 4 is 17.4 Å². The predicted octanol–water partition coefficient (Wildman–Crippen LogP) is 4.00. The van der Waals surface area contributed by atoms with Gasteiger partial charge in [0, 0.05) is 40.9 Å². The zero-order chi connectivity index (χ0) is 21.9. The number of nitrogens with zero attached hydrogens (tertiary/aromatic N) is 1. The molecular weight excluding hydrogens is 394 g/mol. The molecule has 6 nitrogen and oxygen atoms in total. The molecule has 0 saturated heterocycles. The van der Waals surface area contributed by atoms with Crippen molar-refractivity contribution in [3.8, 4) is 0 Å². The van der Waals surface area contributed by atoms with Crippen molar-refractivity contribution in [1.29, 1.82) is 0 Å². The molecule has 0 radical (unpaired) electrons. The molecule has 160 valence electrons. The van der Waals surface area contributed by atoms with Gasteiger partial charge in [0.2, 0.25) is 11.5 Å². The molecular formula is C25H25NO5. The first kappa shape index (κ1) is 19.7. The summed E-state index contributed by atoms with van der Waals surface area (Å²) in [5.41, 5.74) is 5.54. The lowest BCUT2D eigenvalue weighted by Crippen LogP contribution is -2.40. The molecule has 0 aromatic heterocycles. The minimum Gasteiger partial charge on any atom is -0.483 e. The number of aliphatic carboxylic acids is 1. The van der Waals surface area contributed by atoms with Gasteiger partial charge in [-0.3, -0.25) is 9.59 Å². The third-order valence-corrected chi connectivity index (χ3v) is 6.42. The highest BCUT2D eigenvalue weighted by Crippen LogP contribution is 2.52. The van der Waals surface area contributed by atoms with Crippen molar-refractivity contribution in [2.24, 2.45) is 0 Å². The van der Waals surface area contributed by atoms with Crippen LogP contribution in [-0.2, 0) is 24.5 Å². The highest BCUT2D eigenvalue weighted by atomic mass is 16.5. The van der Waals surface area contributed by atoms with E-state index in [0.29, 0.717) is 5.76 Å². The number of rotatable bonds is 4. The van der Waals surface area contributed by atoms with Gasteiger partial charge in [-0.1, -0.05) is 32.0 Å². The summed E-state index contributed by atoms with van der Waals surface area (Å²) >= 11 is 0. The molecule has 3 heterocycles. The van der Waals surface area contributed by atoms with E-state index in [-0.39, 0.29) is 29.5 Å². The van der Waals surface area contributed by atoms with Crippen LogP contribution in [0.5, 0.6) is 0 Å². The normalized spacial score (nSPS) is 24.0. The minimum absolute atomic E-state index is 0.1000. The van der Waals surface area contributed by atoms with E-state index in [2.05, 4.69) is 49.1 Å². The second-order valence-corrected chi connectivity index (χ2v) is 8.97. The Labute approximate surface area is 181 Å². The number of carboxylic acid groups (broad SMARTS) is 1. The fourth-order valence-corrected chi connectivity index (χ4v) is 5.12. The topological polar surface area (TPSA) is 76.1 Å². The van der Waals surface area contributed by atoms with E-state index in [1.807, 2.05) is 0 Å². The Kier molecular flexibility index (Phi) is 4.36. The van der Waals surface area contributed by atoms with E-state index in [0.717, 1.165) is 24.1 Å². The van der Waals surface area contributed by atoms with Gasteiger partial charge in [-0.2, -0.15) is 0 Å². The van der Waals surface area contributed by atoms with Crippen LogP contribution in [0, 0.1) is 0 Å². The van der Waals surface area contributed by atoms with Crippen molar-refractivity contribution < 1.29 is 24.2 Å². The highest BCUT2D eigenvalue weighted by molar-refractivity contribution is 6.05. The summed E-state index contributed by atoms with van der Waals surface area (Å²) < 4.78 is 12.1. The minimum atomic E-state index is -0.973. The van der Waals surface area contributed by atoms with Crippen LogP contribution in [0.3, 0.4) is 0 Å². The lowest BCUT2D eigenvalue weighted by atomic mass is 9.79. The van der Waals surface area contributed by atoms with Crippen molar-refractivity contribution in [2.45, 2.75) is 51.2 Å². The second kappa shape index (κ2) is 6.87. The molecule has 4 aliphatic rings. The van der Waals surface area contributed by atoms with Gasteiger partial charge >= 0.3 is 5.97 Å². The molecule has 0 amide bonds. The first-order valence-electron chi connectivity index (χ1n) is 10.6. The molecule has 0 bridgehead atoms. The number of hydrogen-bond acceptors (Lipinski definition) is 5. The summed E-state index contributed by atoms with van der Waals surface area (Å²) in [6, 6.07) is 8.51. The van der Waals surface area contributed by atoms with Crippen molar-refractivity contribution in [1.82, 2.24) is 0 Å². The molecule has 1 N–H and O–H groups in total. The molecule has 0 saturated carbocycles. The molecule has 0 fully saturated rings. The number of ketones is 1. The van der Waals surface area contributed by atoms with Gasteiger partial charge in [0.25, 0.3) is 0 Å². The quantitative estimate of drug-likeness (QED) is 0.795. The van der Waals surface area contributed by atoms with Gasteiger partial charge in [-0.15, -0.1) is 0 Å². The molecule has 1 aliphatic carbocycles. The number of anilines is 1. The lowest BCUT2D eigenvalue weighted by molar-refractivity contribution is -0.139. The third kappa shape index (κ3) is 3.00. The first-order chi connectivity index (χ1) is 14.8. The molecule has 1 aromatic carbocycles. The third-order valence-electron chi connectivity index (χ3n) is 6.42. The van der Waals surface area contributed by atoms with Crippen LogP contribution in [0.2, 0.25) is 0 Å². The Bertz CT molecular complexity index is 1120. The van der Waals surface area contributed by atoms with Crippen molar-refractivity contribution in [2.75, 3.05) is 11.4 Å². The predicted molar refractivity (Wildman–Crippen MR) is 115 cm³/mol. The summed E-state index contributed by atoms with van der Waals surface area (Å²) in [6.45, 7) is 6.95. The fraction of sp³-hybridized carbons (Fsp3) is 0.360. The Morgan fingerprint density at radius 2 is 2.10 bits per heavy atom. The molecule has 1 aromatic rings. The molecule has 5 rings (SSSR count). The molecule has 31 heavy (non-hydrogen) atoms. The van der Waals surface area contributed by atoms with Crippen LogP contribution in [0.15, 0.2) is 70.9 Å². The number of carboxylic acids is 1. The number of carbonyl (C=O) groups is 2. The lowest BCUT2D eigenvalue weighted by Gasteiger charge is -2.40. The number of allylic oxidation sites excluding steroid dienone is 3. The average molecular weight is 419 g/mol. The summed E-state index contributed by atoms with van der Waals surface area (Å²) in [5.74, 6) is -0.755. The van der Waals surface area contributed by atoms with Crippen molar-refractivity contribution in [3.63, 3.8) is 0 Å². The average Bonchev–Trinajstić information content (AvgIpc) is 2.96. The standard InChI is InChI=1S/C25H25NO5/c1-14(12-21(28)29)30-23-19(27)9-8-15-13-16-20(31-22(15)23)10-11-26-18-7-5-4-6-17(18)25(2,3)24(16)26/h4-9,13-14,20H,10-12H2,1-3H3,(H,28,29). The van der Waals surface area contributed by atoms with E-state index in [4.69, 9.17) is 14.6 Å². The zero-order valence-electron chi connectivity index (χ0n) is 17.8. The van der Waals surface area contributed by atoms with Crippen LogP contribution in [-0.4, -0.2) is 35.6 Å². The highest BCUT2D eigenvalue weighted by Gasteiger charge is 2.46. The second-order valence-electron chi connectivity index (χ2n) is 8.97. The van der Waals surface area contributed by atoms with E-state index in [9.17, 15) is 9.59 Å². The summed E-state index contributed by atoms with van der Waals surface area (Å²) in [7, 11) is 0. The van der Waals surface area contributed by atoms with Gasteiger partial charge in [0.15, 0.2) is 5.76 Å². The number of ether oxygens (including phenoxy) is 2. The van der Waals surface area contributed by atoms with Crippen molar-refractivity contribution in [3.05, 3.63) is 76.4 Å². The van der Waals surface area contributed by atoms with Crippen LogP contribution >= 0.6 is 0 Å². The molecule has 0 spiro atoms. The van der Waals surface area contributed by atoms with Gasteiger partial charge < -0.3 is 19.5 Å². The van der Waals surface area contributed by atoms with Gasteiger partial charge in [0.1, 0.15) is 12.2 Å². The van der Waals surface area contributed by atoms with E-state index < -0.39 is 12.1 Å². The van der Waals surface area contributed by atoms with Crippen LogP contribution in [0.4, 0.5) is 5.69 Å². The molecule has 2 unspecified atom stereocenters. The van der Waals surface area contributed by atoms with Crippen LogP contribution < -0.4 is 4.90 Å². The Morgan fingerprint density at radius 1 is 1.32 bits per heavy atom. The van der Waals surface area contributed by atoms with Crippen LogP contribution in [0.25, 0.3) is 0 Å². The fourth-order valence-electron chi connectivity index (χ4n) is 5.12. The maximum atomic E-state index is 12.5. The first-order valence-corrected chi connectivity index (χ1v) is 10.6.